The molecule has 184 valence electrons. The Labute approximate surface area is 197 Å². The van der Waals surface area contributed by atoms with E-state index in [9.17, 15) is 19.5 Å². The summed E-state index contributed by atoms with van der Waals surface area (Å²) < 4.78 is 5.25. The van der Waals surface area contributed by atoms with Crippen LogP contribution in [0.1, 0.15) is 71.0 Å². The van der Waals surface area contributed by atoms with Crippen molar-refractivity contribution in [3.8, 4) is 5.75 Å². The molecule has 2 unspecified atom stereocenters. The minimum absolute atomic E-state index is 0.0894. The van der Waals surface area contributed by atoms with Crippen molar-refractivity contribution >= 4 is 17.9 Å². The van der Waals surface area contributed by atoms with Gasteiger partial charge in [-0.2, -0.15) is 0 Å². The Bertz CT molecular complexity index is 832. The summed E-state index contributed by atoms with van der Waals surface area (Å²) in [6, 6.07) is 2.91. The number of ether oxygens (including phenoxy) is 1. The van der Waals surface area contributed by atoms with E-state index >= 15 is 0 Å². The SMILES string of the molecule is C=CCN(C(=O)C(C)NC(=O)OC(C)(C)C)C(C(=O)NCCCCC)c1ccc(O)c(C)c1. The molecule has 0 aliphatic rings. The van der Waals surface area contributed by atoms with Gasteiger partial charge in [0.25, 0.3) is 0 Å². The van der Waals surface area contributed by atoms with Crippen molar-refractivity contribution in [2.75, 3.05) is 13.1 Å². The number of aromatic hydroxyl groups is 1. The van der Waals surface area contributed by atoms with Crippen molar-refractivity contribution in [1.29, 1.82) is 0 Å². The van der Waals surface area contributed by atoms with E-state index in [-0.39, 0.29) is 18.2 Å². The summed E-state index contributed by atoms with van der Waals surface area (Å²) in [5.41, 5.74) is 0.429. The maximum atomic E-state index is 13.4. The number of phenolic OH excluding ortho intramolecular Hbond substituents is 1. The molecule has 0 spiro atoms. The van der Waals surface area contributed by atoms with Gasteiger partial charge in [-0.1, -0.05) is 31.9 Å². The van der Waals surface area contributed by atoms with Crippen LogP contribution in [0.3, 0.4) is 0 Å². The van der Waals surface area contributed by atoms with E-state index in [1.807, 2.05) is 0 Å². The van der Waals surface area contributed by atoms with Gasteiger partial charge in [-0.25, -0.2) is 4.79 Å². The Kier molecular flexibility index (Phi) is 10.9. The number of benzene rings is 1. The fourth-order valence-electron chi connectivity index (χ4n) is 3.26. The van der Waals surface area contributed by atoms with Gasteiger partial charge in [0.1, 0.15) is 23.4 Å². The fourth-order valence-corrected chi connectivity index (χ4v) is 3.26. The first-order valence-electron chi connectivity index (χ1n) is 11.4. The molecule has 0 bridgehead atoms. The number of carbonyl (C=O) groups excluding carboxylic acids is 3. The van der Waals surface area contributed by atoms with Crippen molar-refractivity contribution in [1.82, 2.24) is 15.5 Å². The van der Waals surface area contributed by atoms with Crippen LogP contribution >= 0.6 is 0 Å². The van der Waals surface area contributed by atoms with E-state index in [0.29, 0.717) is 17.7 Å². The summed E-state index contributed by atoms with van der Waals surface area (Å²) in [6.45, 7) is 14.8. The van der Waals surface area contributed by atoms with E-state index in [1.165, 1.54) is 17.0 Å². The van der Waals surface area contributed by atoms with Crippen molar-refractivity contribution in [2.24, 2.45) is 0 Å². The number of carbonyl (C=O) groups is 3. The number of unbranched alkanes of at least 4 members (excludes halogenated alkanes) is 2. The first-order valence-corrected chi connectivity index (χ1v) is 11.4. The molecule has 33 heavy (non-hydrogen) atoms. The van der Waals surface area contributed by atoms with Gasteiger partial charge in [-0.15, -0.1) is 6.58 Å². The van der Waals surface area contributed by atoms with Crippen LogP contribution in [0.2, 0.25) is 0 Å². The number of amides is 3. The van der Waals surface area contributed by atoms with Gasteiger partial charge < -0.3 is 25.4 Å². The maximum absolute atomic E-state index is 13.4. The summed E-state index contributed by atoms with van der Waals surface area (Å²) in [6.07, 6.45) is 3.64. The van der Waals surface area contributed by atoms with Crippen LogP contribution in [0, 0.1) is 6.92 Å². The summed E-state index contributed by atoms with van der Waals surface area (Å²) >= 11 is 0. The zero-order valence-electron chi connectivity index (χ0n) is 20.7. The molecule has 0 saturated heterocycles. The number of rotatable bonds is 11. The van der Waals surface area contributed by atoms with Crippen LogP contribution in [-0.4, -0.2) is 52.6 Å². The predicted octanol–water partition coefficient (Wildman–Crippen LogP) is 3.98. The lowest BCUT2D eigenvalue weighted by Gasteiger charge is -2.33. The number of phenols is 1. The number of nitrogens with zero attached hydrogens (tertiary/aromatic N) is 1. The second-order valence-electron chi connectivity index (χ2n) is 9.09. The van der Waals surface area contributed by atoms with Gasteiger partial charge in [0.05, 0.1) is 0 Å². The molecule has 2 atom stereocenters. The molecule has 0 aromatic heterocycles. The fraction of sp³-hybridized carbons (Fsp3) is 0.560. The third kappa shape index (κ3) is 9.16. The van der Waals surface area contributed by atoms with E-state index in [0.717, 1.165) is 19.3 Å². The summed E-state index contributed by atoms with van der Waals surface area (Å²) in [7, 11) is 0. The van der Waals surface area contributed by atoms with Gasteiger partial charge >= 0.3 is 6.09 Å². The lowest BCUT2D eigenvalue weighted by atomic mass is 10.00. The van der Waals surface area contributed by atoms with Crippen LogP contribution in [0.4, 0.5) is 4.79 Å². The van der Waals surface area contributed by atoms with Gasteiger partial charge in [0.15, 0.2) is 0 Å². The average Bonchev–Trinajstić information content (AvgIpc) is 2.71. The highest BCUT2D eigenvalue weighted by Crippen LogP contribution is 2.27. The third-order valence-electron chi connectivity index (χ3n) is 4.89. The summed E-state index contributed by atoms with van der Waals surface area (Å²) in [5, 5.41) is 15.4. The molecule has 0 aliphatic heterocycles. The van der Waals surface area contributed by atoms with Crippen LogP contribution in [-0.2, 0) is 14.3 Å². The Hall–Kier alpha value is -3.03. The molecule has 1 aromatic carbocycles. The molecular weight excluding hydrogens is 422 g/mol. The number of nitrogens with one attached hydrogen (secondary N) is 2. The van der Waals surface area contributed by atoms with Crippen molar-refractivity contribution in [3.05, 3.63) is 42.0 Å². The summed E-state index contributed by atoms with van der Waals surface area (Å²) in [4.78, 5) is 40.2. The largest absolute Gasteiger partial charge is 0.508 e. The van der Waals surface area contributed by atoms with Crippen molar-refractivity contribution < 1.29 is 24.2 Å². The van der Waals surface area contributed by atoms with Crippen molar-refractivity contribution in [2.45, 2.75) is 78.5 Å². The lowest BCUT2D eigenvalue weighted by molar-refractivity contribution is -0.141. The number of alkyl carbamates (subject to hydrolysis) is 1. The highest BCUT2D eigenvalue weighted by Gasteiger charge is 2.34. The molecule has 0 fully saturated rings. The molecule has 0 radical (unpaired) electrons. The smallest absolute Gasteiger partial charge is 0.408 e. The summed E-state index contributed by atoms with van der Waals surface area (Å²) in [5.74, 6) is -0.696. The van der Waals surface area contributed by atoms with Crippen LogP contribution in [0.15, 0.2) is 30.9 Å². The van der Waals surface area contributed by atoms with Crippen LogP contribution in [0.25, 0.3) is 0 Å². The highest BCUT2D eigenvalue weighted by atomic mass is 16.6. The lowest BCUT2D eigenvalue weighted by Crippen LogP contribution is -2.52. The number of aryl methyl sites for hydroxylation is 1. The predicted molar refractivity (Wildman–Crippen MR) is 129 cm³/mol. The second-order valence-corrected chi connectivity index (χ2v) is 9.09. The zero-order chi connectivity index (χ0) is 25.2. The minimum atomic E-state index is -0.959. The third-order valence-corrected chi connectivity index (χ3v) is 4.89. The quantitative estimate of drug-likeness (QED) is 0.341. The Morgan fingerprint density at radius 3 is 2.45 bits per heavy atom. The molecule has 0 heterocycles. The van der Waals surface area contributed by atoms with E-state index < -0.39 is 29.7 Å². The van der Waals surface area contributed by atoms with Crippen LogP contribution < -0.4 is 10.6 Å². The molecule has 8 heteroatoms. The molecule has 0 aliphatic carbocycles. The van der Waals surface area contributed by atoms with Crippen LogP contribution in [0.5, 0.6) is 5.75 Å². The topological polar surface area (TPSA) is 108 Å². The first-order chi connectivity index (χ1) is 15.4. The van der Waals surface area contributed by atoms with Gasteiger partial charge in [0, 0.05) is 13.1 Å². The number of hydrogen-bond donors (Lipinski definition) is 3. The average molecular weight is 462 g/mol. The second kappa shape index (κ2) is 12.9. The standard InChI is InChI=1S/C25H39N3O5/c1-8-10-11-14-26-22(30)21(19-12-13-20(29)17(3)16-19)28(15-9-2)23(31)18(4)27-24(32)33-25(5,6)7/h9,12-13,16,18,21,29H,2,8,10-11,14-15H2,1,3-7H3,(H,26,30)(H,27,32). The van der Waals surface area contributed by atoms with Gasteiger partial charge in [-0.3, -0.25) is 9.59 Å². The zero-order valence-corrected chi connectivity index (χ0v) is 20.7. The molecule has 1 aromatic rings. The highest BCUT2D eigenvalue weighted by molar-refractivity contribution is 5.92. The van der Waals surface area contributed by atoms with Gasteiger partial charge in [-0.05, 0) is 64.3 Å². The minimum Gasteiger partial charge on any atom is -0.508 e. The Morgan fingerprint density at radius 1 is 1.24 bits per heavy atom. The molecular formula is C25H39N3O5. The van der Waals surface area contributed by atoms with E-state index in [1.54, 1.807) is 46.8 Å². The van der Waals surface area contributed by atoms with E-state index in [4.69, 9.17) is 4.74 Å². The van der Waals surface area contributed by atoms with Gasteiger partial charge in [0.2, 0.25) is 11.8 Å². The molecule has 3 N–H and O–H groups in total. The van der Waals surface area contributed by atoms with Crippen molar-refractivity contribution in [3.63, 3.8) is 0 Å². The number of hydrogen-bond acceptors (Lipinski definition) is 5. The Balaban J connectivity index is 3.23. The monoisotopic (exact) mass is 461 g/mol. The maximum Gasteiger partial charge on any atom is 0.408 e. The normalized spacial score (nSPS) is 12.9. The Morgan fingerprint density at radius 2 is 1.91 bits per heavy atom. The molecule has 1 rings (SSSR count). The molecule has 0 saturated carbocycles. The first kappa shape index (κ1) is 28.0. The molecule has 8 nitrogen and oxygen atoms in total. The molecule has 3 amide bonds. The van der Waals surface area contributed by atoms with E-state index in [2.05, 4.69) is 24.1 Å².